The number of anilines is 1. The third kappa shape index (κ3) is 2.00. The Bertz CT molecular complexity index is 370. The van der Waals surface area contributed by atoms with Crippen molar-refractivity contribution in [3.05, 3.63) is 29.8 Å². The maximum Gasteiger partial charge on any atom is 0.418 e. The van der Waals surface area contributed by atoms with Crippen molar-refractivity contribution in [3.8, 4) is 0 Å². The Morgan fingerprint density at radius 1 is 1.25 bits per heavy atom. The predicted molar refractivity (Wildman–Crippen MR) is 56.5 cm³/mol. The lowest BCUT2D eigenvalue weighted by atomic mass is 10.0. The summed E-state index contributed by atoms with van der Waals surface area (Å²) in [5, 5.41) is 3.04. The molecule has 1 N–H and O–H groups in total. The van der Waals surface area contributed by atoms with Gasteiger partial charge in [-0.15, -0.1) is 0 Å². The summed E-state index contributed by atoms with van der Waals surface area (Å²) in [5.74, 6) is 0. The Kier molecular flexibility index (Phi) is 2.80. The Labute approximate surface area is 92.1 Å². The zero-order valence-corrected chi connectivity index (χ0v) is 8.88. The zero-order valence-electron chi connectivity index (χ0n) is 8.88. The van der Waals surface area contributed by atoms with Crippen LogP contribution in [-0.2, 0) is 6.18 Å². The molecule has 0 radical (unpaired) electrons. The molecule has 0 spiro atoms. The number of hydrogen-bond donors (Lipinski definition) is 1. The highest BCUT2D eigenvalue weighted by molar-refractivity contribution is 5.57. The number of para-hydroxylation sites is 1. The first-order valence-electron chi connectivity index (χ1n) is 5.11. The van der Waals surface area contributed by atoms with E-state index in [1.54, 1.807) is 11.0 Å². The number of likely N-dealkylation sites (N-methyl/N-ethyl adjacent to an activating group) is 1. The van der Waals surface area contributed by atoms with E-state index in [1.807, 2.05) is 7.05 Å². The molecule has 0 saturated carbocycles. The van der Waals surface area contributed by atoms with Crippen LogP contribution in [0.4, 0.5) is 18.9 Å². The van der Waals surface area contributed by atoms with Gasteiger partial charge >= 0.3 is 6.18 Å². The van der Waals surface area contributed by atoms with Crippen LogP contribution >= 0.6 is 0 Å². The second kappa shape index (κ2) is 3.97. The molecule has 1 saturated heterocycles. The van der Waals surface area contributed by atoms with Crippen molar-refractivity contribution in [1.29, 1.82) is 0 Å². The summed E-state index contributed by atoms with van der Waals surface area (Å²) in [6, 6.07) is 6.00. The average Bonchev–Trinajstić information content (AvgIpc) is 2.15. The molecule has 0 amide bonds. The van der Waals surface area contributed by atoms with E-state index in [1.165, 1.54) is 12.1 Å². The highest BCUT2D eigenvalue weighted by Crippen LogP contribution is 2.37. The molecule has 5 heteroatoms. The molecule has 16 heavy (non-hydrogen) atoms. The van der Waals surface area contributed by atoms with E-state index >= 15 is 0 Å². The van der Waals surface area contributed by atoms with Crippen molar-refractivity contribution in [1.82, 2.24) is 5.32 Å². The molecule has 0 atom stereocenters. The minimum Gasteiger partial charge on any atom is -0.368 e. The molecule has 1 heterocycles. The molecule has 1 aliphatic rings. The van der Waals surface area contributed by atoms with E-state index in [2.05, 4.69) is 5.32 Å². The Morgan fingerprint density at radius 2 is 1.88 bits per heavy atom. The van der Waals surface area contributed by atoms with Gasteiger partial charge in [0.05, 0.1) is 5.56 Å². The molecule has 0 aliphatic carbocycles. The molecule has 1 fully saturated rings. The van der Waals surface area contributed by atoms with Gasteiger partial charge in [-0.3, -0.25) is 0 Å². The summed E-state index contributed by atoms with van der Waals surface area (Å²) in [5.41, 5.74) is -0.272. The van der Waals surface area contributed by atoms with Crippen molar-refractivity contribution in [2.75, 3.05) is 25.0 Å². The van der Waals surface area contributed by atoms with Gasteiger partial charge in [0.1, 0.15) is 0 Å². The summed E-state index contributed by atoms with van der Waals surface area (Å²) < 4.78 is 38.1. The highest BCUT2D eigenvalue weighted by atomic mass is 19.4. The van der Waals surface area contributed by atoms with Crippen molar-refractivity contribution >= 4 is 5.69 Å². The fraction of sp³-hybridized carbons (Fsp3) is 0.455. The molecule has 1 aromatic rings. The number of benzene rings is 1. The van der Waals surface area contributed by atoms with Crippen molar-refractivity contribution < 1.29 is 13.2 Å². The summed E-state index contributed by atoms with van der Waals surface area (Å²) >= 11 is 0. The standard InChI is InChI=1S/C11H13F3N2/c1-15-8-6-16(7-8)10-5-3-2-4-9(10)11(12,13)14/h2-5,8,15H,6-7H2,1H3. The summed E-state index contributed by atoms with van der Waals surface area (Å²) in [6.07, 6.45) is -4.28. The first kappa shape index (κ1) is 11.3. The highest BCUT2D eigenvalue weighted by Gasteiger charge is 2.37. The average molecular weight is 230 g/mol. The van der Waals surface area contributed by atoms with Gasteiger partial charge in [-0.05, 0) is 19.2 Å². The molecule has 2 rings (SSSR count). The van der Waals surface area contributed by atoms with Crippen molar-refractivity contribution in [2.24, 2.45) is 0 Å². The fourth-order valence-electron chi connectivity index (χ4n) is 1.85. The van der Waals surface area contributed by atoms with Crippen molar-refractivity contribution in [3.63, 3.8) is 0 Å². The van der Waals surface area contributed by atoms with Crippen LogP contribution in [0.3, 0.4) is 0 Å². The fourth-order valence-corrected chi connectivity index (χ4v) is 1.85. The van der Waals surface area contributed by atoms with Crippen LogP contribution in [0.25, 0.3) is 0 Å². The second-order valence-corrected chi connectivity index (χ2v) is 3.91. The monoisotopic (exact) mass is 230 g/mol. The third-order valence-corrected chi connectivity index (χ3v) is 2.84. The molecule has 0 unspecified atom stereocenters. The van der Waals surface area contributed by atoms with Gasteiger partial charge in [0.15, 0.2) is 0 Å². The van der Waals surface area contributed by atoms with E-state index < -0.39 is 11.7 Å². The van der Waals surface area contributed by atoms with E-state index in [9.17, 15) is 13.2 Å². The number of nitrogens with zero attached hydrogens (tertiary/aromatic N) is 1. The largest absolute Gasteiger partial charge is 0.418 e. The van der Waals surface area contributed by atoms with Gasteiger partial charge < -0.3 is 10.2 Å². The van der Waals surface area contributed by atoms with Crippen molar-refractivity contribution in [2.45, 2.75) is 12.2 Å². The molecular formula is C11H13F3N2. The molecule has 88 valence electrons. The lowest BCUT2D eigenvalue weighted by Gasteiger charge is -2.41. The molecule has 1 aromatic carbocycles. The second-order valence-electron chi connectivity index (χ2n) is 3.91. The van der Waals surface area contributed by atoms with Crippen LogP contribution < -0.4 is 10.2 Å². The molecular weight excluding hydrogens is 217 g/mol. The zero-order chi connectivity index (χ0) is 11.8. The Balaban J connectivity index is 2.22. The van der Waals surface area contributed by atoms with E-state index in [4.69, 9.17) is 0 Å². The summed E-state index contributed by atoms with van der Waals surface area (Å²) in [7, 11) is 1.82. The number of hydrogen-bond acceptors (Lipinski definition) is 2. The lowest BCUT2D eigenvalue weighted by Crippen LogP contribution is -2.57. The minimum atomic E-state index is -4.28. The van der Waals surface area contributed by atoms with E-state index in [0.29, 0.717) is 19.1 Å². The third-order valence-electron chi connectivity index (χ3n) is 2.84. The van der Waals surface area contributed by atoms with Crippen LogP contribution in [0.5, 0.6) is 0 Å². The summed E-state index contributed by atoms with van der Waals surface area (Å²) in [4.78, 5) is 1.74. The van der Waals surface area contributed by atoms with Crippen LogP contribution in [0.1, 0.15) is 5.56 Å². The maximum atomic E-state index is 12.7. The molecule has 0 aromatic heterocycles. The molecule has 1 aliphatic heterocycles. The Morgan fingerprint density at radius 3 is 2.44 bits per heavy atom. The lowest BCUT2D eigenvalue weighted by molar-refractivity contribution is -0.137. The van der Waals surface area contributed by atoms with E-state index in [0.717, 1.165) is 6.07 Å². The minimum absolute atomic E-state index is 0.279. The van der Waals surface area contributed by atoms with Crippen LogP contribution in [0, 0.1) is 0 Å². The van der Waals surface area contributed by atoms with Crippen LogP contribution in [0.15, 0.2) is 24.3 Å². The maximum absolute atomic E-state index is 12.7. The van der Waals surface area contributed by atoms with Crippen LogP contribution in [-0.4, -0.2) is 26.2 Å². The van der Waals surface area contributed by atoms with Crippen LogP contribution in [0.2, 0.25) is 0 Å². The number of alkyl halides is 3. The van der Waals surface area contributed by atoms with Gasteiger partial charge in [0.2, 0.25) is 0 Å². The summed E-state index contributed by atoms with van der Waals surface area (Å²) in [6.45, 7) is 1.26. The molecule has 2 nitrogen and oxygen atoms in total. The Hall–Kier alpha value is -1.23. The quantitative estimate of drug-likeness (QED) is 0.837. The normalized spacial score (nSPS) is 17.4. The first-order valence-corrected chi connectivity index (χ1v) is 5.11. The smallest absolute Gasteiger partial charge is 0.368 e. The van der Waals surface area contributed by atoms with E-state index in [-0.39, 0.29) is 5.69 Å². The van der Waals surface area contributed by atoms with Gasteiger partial charge in [-0.25, -0.2) is 0 Å². The predicted octanol–water partition coefficient (Wildman–Crippen LogP) is 2.11. The van der Waals surface area contributed by atoms with Gasteiger partial charge in [0, 0.05) is 24.8 Å². The molecule has 0 bridgehead atoms. The topological polar surface area (TPSA) is 15.3 Å². The van der Waals surface area contributed by atoms with Gasteiger partial charge in [-0.1, -0.05) is 12.1 Å². The first-order chi connectivity index (χ1) is 7.52. The number of halogens is 3. The number of nitrogens with one attached hydrogen (secondary N) is 1. The van der Waals surface area contributed by atoms with Gasteiger partial charge in [-0.2, -0.15) is 13.2 Å². The number of rotatable bonds is 2. The SMILES string of the molecule is CNC1CN(c2ccccc2C(F)(F)F)C1. The van der Waals surface area contributed by atoms with Gasteiger partial charge in [0.25, 0.3) is 0 Å².